The monoisotopic (exact) mass is 490 g/mol. The summed E-state index contributed by atoms with van der Waals surface area (Å²) < 4.78 is 38.3. The average molecular weight is 491 g/mol. The number of hydrogen-bond donors (Lipinski definition) is 2. The Morgan fingerprint density at radius 1 is 1.12 bits per heavy atom. The first-order chi connectivity index (χ1) is 15.7. The van der Waals surface area contributed by atoms with E-state index in [0.29, 0.717) is 22.9 Å². The zero-order chi connectivity index (χ0) is 24.2. The van der Waals surface area contributed by atoms with E-state index < -0.39 is 15.7 Å². The van der Waals surface area contributed by atoms with Crippen molar-refractivity contribution in [2.45, 2.75) is 35.2 Å². The lowest BCUT2D eigenvalue weighted by Crippen LogP contribution is -2.21. The van der Waals surface area contributed by atoms with E-state index in [-0.39, 0.29) is 27.2 Å². The first-order valence-corrected chi connectivity index (χ1v) is 12.5. The highest BCUT2D eigenvalue weighted by Gasteiger charge is 2.30. The molecule has 0 fully saturated rings. The van der Waals surface area contributed by atoms with E-state index in [4.69, 9.17) is 15.2 Å². The zero-order valence-corrected chi connectivity index (χ0v) is 20.4. The van der Waals surface area contributed by atoms with Crippen LogP contribution in [0, 0.1) is 6.92 Å². The number of aromatic nitrogens is 2. The van der Waals surface area contributed by atoms with Crippen LogP contribution in [0.2, 0.25) is 0 Å². The van der Waals surface area contributed by atoms with Crippen LogP contribution in [0.15, 0.2) is 57.3 Å². The number of sulfone groups is 1. The number of carbonyl (C=O) groups is 1. The molecule has 33 heavy (non-hydrogen) atoms. The number of nitrogens with two attached hydrogens (primary N) is 1. The highest BCUT2D eigenvalue weighted by molar-refractivity contribution is 8.00. The molecule has 3 rings (SSSR count). The van der Waals surface area contributed by atoms with Crippen LogP contribution >= 0.6 is 11.8 Å². The molecule has 176 valence electrons. The summed E-state index contributed by atoms with van der Waals surface area (Å²) in [6, 6.07) is 11.5. The van der Waals surface area contributed by atoms with Crippen LogP contribution in [0.5, 0.6) is 11.5 Å². The van der Waals surface area contributed by atoms with Gasteiger partial charge >= 0.3 is 0 Å². The van der Waals surface area contributed by atoms with E-state index in [1.54, 1.807) is 30.3 Å². The van der Waals surface area contributed by atoms with Gasteiger partial charge in [-0.2, -0.15) is 5.10 Å². The molecule has 0 atom stereocenters. The third-order valence-corrected chi connectivity index (χ3v) is 7.54. The molecule has 0 unspecified atom stereocenters. The summed E-state index contributed by atoms with van der Waals surface area (Å²) in [5.74, 6) is 1.08. The molecule has 0 bridgehead atoms. The molecule has 1 heterocycles. The smallest absolute Gasteiger partial charge is 0.246 e. The van der Waals surface area contributed by atoms with E-state index in [1.165, 1.54) is 42.8 Å². The normalized spacial score (nSPS) is 11.3. The van der Waals surface area contributed by atoms with E-state index in [1.807, 2.05) is 13.8 Å². The number of thioether (sulfide) groups is 1. The van der Waals surface area contributed by atoms with E-state index >= 15 is 0 Å². The molecule has 0 spiro atoms. The van der Waals surface area contributed by atoms with Crippen molar-refractivity contribution in [3.8, 4) is 11.5 Å². The Bertz CT molecular complexity index is 1230. The quantitative estimate of drug-likeness (QED) is 0.437. The molecule has 0 aliphatic rings. The highest BCUT2D eigenvalue weighted by Crippen LogP contribution is 2.35. The largest absolute Gasteiger partial charge is 0.497 e. The van der Waals surface area contributed by atoms with Crippen molar-refractivity contribution in [1.29, 1.82) is 0 Å². The van der Waals surface area contributed by atoms with Crippen molar-refractivity contribution in [2.24, 2.45) is 0 Å². The highest BCUT2D eigenvalue weighted by atomic mass is 32.2. The van der Waals surface area contributed by atoms with Gasteiger partial charge in [0.15, 0.2) is 0 Å². The lowest BCUT2D eigenvalue weighted by atomic mass is 10.2. The van der Waals surface area contributed by atoms with Gasteiger partial charge in [-0.1, -0.05) is 24.6 Å². The van der Waals surface area contributed by atoms with Crippen molar-refractivity contribution in [2.75, 3.05) is 31.0 Å². The number of rotatable bonds is 9. The van der Waals surface area contributed by atoms with Gasteiger partial charge in [-0.15, -0.1) is 11.8 Å². The maximum atomic E-state index is 13.3. The first-order valence-electron chi connectivity index (χ1n) is 10.0. The average Bonchev–Trinajstić information content (AvgIpc) is 3.09. The third-order valence-electron chi connectivity index (χ3n) is 4.73. The first kappa shape index (κ1) is 24.5. The minimum absolute atomic E-state index is 0.0888. The fraction of sp³-hybridized carbons (Fsp3) is 0.273. The van der Waals surface area contributed by atoms with Gasteiger partial charge < -0.3 is 20.5 Å². The summed E-state index contributed by atoms with van der Waals surface area (Å²) in [4.78, 5) is 12.7. The molecule has 0 radical (unpaired) electrons. The molecule has 1 amide bonds. The number of carbonyl (C=O) groups excluding carboxylic acids is 1. The fourth-order valence-electron chi connectivity index (χ4n) is 3.09. The number of methoxy groups -OCH3 is 2. The number of nitrogen functional groups attached to an aromatic ring is 1. The number of benzene rings is 2. The van der Waals surface area contributed by atoms with Crippen LogP contribution in [0.3, 0.4) is 0 Å². The van der Waals surface area contributed by atoms with Gasteiger partial charge in [0.05, 0.1) is 19.1 Å². The molecule has 0 aliphatic heterocycles. The fourth-order valence-corrected chi connectivity index (χ4v) is 5.64. The van der Waals surface area contributed by atoms with Crippen molar-refractivity contribution in [3.63, 3.8) is 0 Å². The molecule has 3 N–H and O–H groups in total. The van der Waals surface area contributed by atoms with Crippen molar-refractivity contribution >= 4 is 39.0 Å². The Morgan fingerprint density at radius 3 is 2.27 bits per heavy atom. The van der Waals surface area contributed by atoms with Gasteiger partial charge in [0.1, 0.15) is 33.8 Å². The zero-order valence-electron chi connectivity index (χ0n) is 18.8. The van der Waals surface area contributed by atoms with Gasteiger partial charge in [0.2, 0.25) is 15.7 Å². The second-order valence-electron chi connectivity index (χ2n) is 7.08. The van der Waals surface area contributed by atoms with Gasteiger partial charge in [-0.25, -0.2) is 13.1 Å². The lowest BCUT2D eigenvalue weighted by Gasteiger charge is -2.10. The molecule has 0 saturated heterocycles. The molecule has 1 aromatic heterocycles. The van der Waals surface area contributed by atoms with E-state index in [9.17, 15) is 13.2 Å². The molecule has 2 aromatic carbocycles. The van der Waals surface area contributed by atoms with Crippen LogP contribution in [0.1, 0.15) is 12.5 Å². The number of aryl methyl sites for hydroxylation is 1. The van der Waals surface area contributed by atoms with Gasteiger partial charge in [-0.05, 0) is 24.8 Å². The molecule has 3 aromatic rings. The molecular weight excluding hydrogens is 464 g/mol. The number of ether oxygens (including phenoxy) is 2. The summed E-state index contributed by atoms with van der Waals surface area (Å²) in [6.45, 7) is 3.48. The summed E-state index contributed by atoms with van der Waals surface area (Å²) in [5, 5.41) is 7.31. The number of nitrogens with zero attached hydrogens (tertiary/aromatic N) is 2. The lowest BCUT2D eigenvalue weighted by molar-refractivity contribution is -0.116. The molecule has 11 heteroatoms. The maximum absolute atomic E-state index is 13.3. The second-order valence-corrected chi connectivity index (χ2v) is 10.2. The van der Waals surface area contributed by atoms with Gasteiger partial charge in [-0.3, -0.25) is 4.79 Å². The Kier molecular flexibility index (Phi) is 7.54. The summed E-state index contributed by atoms with van der Waals surface area (Å²) in [7, 11) is -0.910. The Hall–Kier alpha value is -3.18. The van der Waals surface area contributed by atoms with Crippen LogP contribution in [0.25, 0.3) is 0 Å². The van der Waals surface area contributed by atoms with E-state index in [0.717, 1.165) is 5.56 Å². The molecule has 9 nitrogen and oxygen atoms in total. The van der Waals surface area contributed by atoms with Gasteiger partial charge in [0, 0.05) is 23.9 Å². The number of amides is 1. The minimum Gasteiger partial charge on any atom is -0.497 e. The predicted molar refractivity (Wildman–Crippen MR) is 128 cm³/mol. The number of hydrogen-bond acceptors (Lipinski definition) is 8. The Morgan fingerprint density at radius 2 is 1.73 bits per heavy atom. The summed E-state index contributed by atoms with van der Waals surface area (Å²) in [6.07, 6.45) is 0. The van der Waals surface area contributed by atoms with Crippen LogP contribution < -0.4 is 20.5 Å². The molecule has 0 aliphatic carbocycles. The van der Waals surface area contributed by atoms with E-state index in [2.05, 4.69) is 10.4 Å². The predicted octanol–water partition coefficient (Wildman–Crippen LogP) is 3.37. The summed E-state index contributed by atoms with van der Waals surface area (Å²) >= 11 is 1.25. The summed E-state index contributed by atoms with van der Waals surface area (Å²) in [5.41, 5.74) is 7.60. The Balaban J connectivity index is 1.92. The third kappa shape index (κ3) is 5.42. The van der Waals surface area contributed by atoms with Crippen molar-refractivity contribution in [1.82, 2.24) is 9.78 Å². The van der Waals surface area contributed by atoms with Crippen LogP contribution in [0.4, 0.5) is 11.5 Å². The van der Waals surface area contributed by atoms with Crippen molar-refractivity contribution < 1.29 is 22.7 Å². The van der Waals surface area contributed by atoms with Crippen LogP contribution in [-0.2, 0) is 21.2 Å². The van der Waals surface area contributed by atoms with Gasteiger partial charge in [0.25, 0.3) is 0 Å². The minimum atomic E-state index is -3.93. The maximum Gasteiger partial charge on any atom is 0.246 e. The second kappa shape index (κ2) is 10.2. The Labute approximate surface area is 197 Å². The van der Waals surface area contributed by atoms with Crippen molar-refractivity contribution in [3.05, 3.63) is 48.0 Å². The molecular formula is C22H26N4O5S2. The molecule has 0 saturated carbocycles. The number of anilines is 2. The topological polar surface area (TPSA) is 126 Å². The van der Waals surface area contributed by atoms with Crippen LogP contribution in [-0.4, -0.2) is 44.1 Å². The SMILES string of the molecule is CCSc1nn(CC(=O)Nc2cc(OC)cc(OC)c2)c(N)c1S(=O)(=O)c1ccc(C)cc1. The number of nitrogens with one attached hydrogen (secondary N) is 1. The standard InChI is InChI=1S/C22H26N4O5S2/c1-5-32-22-20(33(28,29)18-8-6-14(2)7-9-18)21(23)26(25-22)13-19(27)24-15-10-16(30-3)12-17(11-15)31-4/h6-12H,5,13,23H2,1-4H3,(H,24,27).